The summed E-state index contributed by atoms with van der Waals surface area (Å²) in [5, 5.41) is 58.4. The van der Waals surface area contributed by atoms with Crippen molar-refractivity contribution >= 4 is 0 Å². The maximum atomic E-state index is 10.4. The standard InChI is InChI=1S/C15H26O9/c1-2-3-8-11(18)9(4-7(5-16)22-8)23-15-14(21)13(20)12(19)10(6-17)24-15/h2,7-21H,1,3-6H2/t7?,8-,9?,10?,11?,12-,13?,14?,15+/m1/s1. The highest BCUT2D eigenvalue weighted by molar-refractivity contribution is 4.93. The molecule has 0 aromatic carbocycles. The third kappa shape index (κ3) is 4.13. The predicted octanol–water partition coefficient (Wildman–Crippen LogP) is -2.74. The van der Waals surface area contributed by atoms with Crippen molar-refractivity contribution in [3.8, 4) is 0 Å². The van der Waals surface area contributed by atoms with Crippen LogP contribution in [0.25, 0.3) is 0 Å². The molecule has 24 heavy (non-hydrogen) atoms. The number of aliphatic hydroxyl groups excluding tert-OH is 6. The summed E-state index contributed by atoms with van der Waals surface area (Å²) >= 11 is 0. The molecule has 9 atom stereocenters. The molecule has 0 aromatic rings. The molecule has 2 rings (SSSR count). The van der Waals surface area contributed by atoms with Gasteiger partial charge in [0.05, 0.1) is 31.5 Å². The van der Waals surface area contributed by atoms with Gasteiger partial charge >= 0.3 is 0 Å². The predicted molar refractivity (Wildman–Crippen MR) is 79.8 cm³/mol. The molecule has 2 saturated heterocycles. The van der Waals surface area contributed by atoms with Crippen molar-refractivity contribution in [1.82, 2.24) is 0 Å². The lowest BCUT2D eigenvalue weighted by atomic mass is 9.95. The molecular formula is C15H26O9. The van der Waals surface area contributed by atoms with Crippen molar-refractivity contribution in [2.24, 2.45) is 0 Å². The number of ether oxygens (including phenoxy) is 3. The summed E-state index contributed by atoms with van der Waals surface area (Å²) in [6.07, 6.45) is -8.06. The fraction of sp³-hybridized carbons (Fsp3) is 0.867. The maximum Gasteiger partial charge on any atom is 0.187 e. The van der Waals surface area contributed by atoms with E-state index in [1.807, 2.05) is 0 Å². The normalized spacial score (nSPS) is 46.7. The number of hydrogen-bond acceptors (Lipinski definition) is 9. The molecule has 2 aliphatic rings. The molecule has 0 bridgehead atoms. The Kier molecular flexibility index (Phi) is 7.10. The average Bonchev–Trinajstić information content (AvgIpc) is 2.58. The van der Waals surface area contributed by atoms with Crippen LogP contribution >= 0.6 is 0 Å². The van der Waals surface area contributed by atoms with E-state index < -0.39 is 61.7 Å². The van der Waals surface area contributed by atoms with Gasteiger partial charge in [-0.1, -0.05) is 6.08 Å². The van der Waals surface area contributed by atoms with Gasteiger partial charge in [0.25, 0.3) is 0 Å². The van der Waals surface area contributed by atoms with Crippen LogP contribution < -0.4 is 0 Å². The fourth-order valence-electron chi connectivity index (χ4n) is 2.99. The van der Waals surface area contributed by atoms with E-state index in [0.29, 0.717) is 6.42 Å². The van der Waals surface area contributed by atoms with Gasteiger partial charge < -0.3 is 44.8 Å². The van der Waals surface area contributed by atoms with Crippen LogP contribution in [-0.4, -0.2) is 99.0 Å². The zero-order valence-corrected chi connectivity index (χ0v) is 13.2. The first-order valence-electron chi connectivity index (χ1n) is 7.94. The Labute approximate surface area is 139 Å². The SMILES string of the molecule is C=CC[C@H]1OC(CO)CC(O[C@H]2OC(CO)[C@@H](O)C(O)C2O)C1O. The fourth-order valence-corrected chi connectivity index (χ4v) is 2.99. The Hall–Kier alpha value is -0.620. The Morgan fingerprint density at radius 2 is 1.62 bits per heavy atom. The van der Waals surface area contributed by atoms with Gasteiger partial charge in [0.1, 0.15) is 30.5 Å². The van der Waals surface area contributed by atoms with E-state index in [-0.39, 0.29) is 13.0 Å². The quantitative estimate of drug-likeness (QED) is 0.280. The van der Waals surface area contributed by atoms with Gasteiger partial charge in [0.2, 0.25) is 0 Å². The highest BCUT2D eigenvalue weighted by Crippen LogP contribution is 2.29. The van der Waals surface area contributed by atoms with E-state index in [1.165, 1.54) is 0 Å². The molecule has 0 spiro atoms. The molecule has 6 unspecified atom stereocenters. The van der Waals surface area contributed by atoms with Gasteiger partial charge in [0, 0.05) is 6.42 Å². The van der Waals surface area contributed by atoms with Crippen molar-refractivity contribution in [1.29, 1.82) is 0 Å². The minimum Gasteiger partial charge on any atom is -0.394 e. The van der Waals surface area contributed by atoms with E-state index in [0.717, 1.165) is 0 Å². The van der Waals surface area contributed by atoms with Crippen LogP contribution in [0.15, 0.2) is 12.7 Å². The summed E-state index contributed by atoms with van der Waals surface area (Å²) in [5.74, 6) is 0. The first-order valence-corrected chi connectivity index (χ1v) is 7.94. The number of aliphatic hydroxyl groups is 6. The highest BCUT2D eigenvalue weighted by Gasteiger charge is 2.47. The van der Waals surface area contributed by atoms with Gasteiger partial charge in [-0.15, -0.1) is 6.58 Å². The topological polar surface area (TPSA) is 149 Å². The summed E-state index contributed by atoms with van der Waals surface area (Å²) in [5.41, 5.74) is 0. The van der Waals surface area contributed by atoms with E-state index in [9.17, 15) is 30.6 Å². The highest BCUT2D eigenvalue weighted by atomic mass is 16.7. The summed E-state index contributed by atoms with van der Waals surface area (Å²) < 4.78 is 16.4. The molecule has 2 aliphatic heterocycles. The summed E-state index contributed by atoms with van der Waals surface area (Å²) in [6.45, 7) is 2.75. The zero-order valence-electron chi connectivity index (χ0n) is 13.2. The Morgan fingerprint density at radius 1 is 0.917 bits per heavy atom. The molecule has 140 valence electrons. The molecule has 0 aromatic heterocycles. The van der Waals surface area contributed by atoms with Crippen LogP contribution in [0, 0.1) is 0 Å². The average molecular weight is 350 g/mol. The molecular weight excluding hydrogens is 324 g/mol. The molecule has 0 radical (unpaired) electrons. The molecule has 0 aliphatic carbocycles. The smallest absolute Gasteiger partial charge is 0.187 e. The lowest BCUT2D eigenvalue weighted by Crippen LogP contribution is -2.61. The van der Waals surface area contributed by atoms with Gasteiger partial charge in [-0.3, -0.25) is 0 Å². The van der Waals surface area contributed by atoms with Crippen molar-refractivity contribution in [3.05, 3.63) is 12.7 Å². The molecule has 0 saturated carbocycles. The van der Waals surface area contributed by atoms with Crippen LogP contribution in [0.3, 0.4) is 0 Å². The number of rotatable bonds is 6. The van der Waals surface area contributed by atoms with E-state index >= 15 is 0 Å². The third-order valence-corrected chi connectivity index (χ3v) is 4.38. The van der Waals surface area contributed by atoms with Crippen LogP contribution in [-0.2, 0) is 14.2 Å². The minimum atomic E-state index is -1.56. The van der Waals surface area contributed by atoms with Gasteiger partial charge in [-0.25, -0.2) is 0 Å². The second-order valence-electron chi connectivity index (χ2n) is 6.10. The molecule has 9 nitrogen and oxygen atoms in total. The van der Waals surface area contributed by atoms with E-state index in [1.54, 1.807) is 6.08 Å². The Bertz CT molecular complexity index is 404. The number of hydrogen-bond donors (Lipinski definition) is 6. The van der Waals surface area contributed by atoms with Gasteiger partial charge in [0.15, 0.2) is 6.29 Å². The van der Waals surface area contributed by atoms with Crippen LogP contribution in [0.4, 0.5) is 0 Å². The second kappa shape index (κ2) is 8.65. The third-order valence-electron chi connectivity index (χ3n) is 4.38. The van der Waals surface area contributed by atoms with E-state index in [4.69, 9.17) is 14.2 Å². The lowest BCUT2D eigenvalue weighted by molar-refractivity contribution is -0.328. The van der Waals surface area contributed by atoms with Crippen molar-refractivity contribution in [2.75, 3.05) is 13.2 Å². The monoisotopic (exact) mass is 350 g/mol. The van der Waals surface area contributed by atoms with Gasteiger partial charge in [-0.05, 0) is 6.42 Å². The molecule has 2 fully saturated rings. The van der Waals surface area contributed by atoms with Crippen molar-refractivity contribution in [3.63, 3.8) is 0 Å². The maximum absolute atomic E-state index is 10.4. The van der Waals surface area contributed by atoms with Crippen molar-refractivity contribution in [2.45, 2.75) is 68.0 Å². The van der Waals surface area contributed by atoms with Crippen molar-refractivity contribution < 1.29 is 44.8 Å². The Morgan fingerprint density at radius 3 is 2.21 bits per heavy atom. The van der Waals surface area contributed by atoms with Gasteiger partial charge in [-0.2, -0.15) is 0 Å². The first kappa shape index (κ1) is 19.7. The summed E-state index contributed by atoms with van der Waals surface area (Å²) in [6, 6.07) is 0. The van der Waals surface area contributed by atoms with Crippen LogP contribution in [0.2, 0.25) is 0 Å². The lowest BCUT2D eigenvalue weighted by Gasteiger charge is -2.44. The Balaban J connectivity index is 2.07. The summed E-state index contributed by atoms with van der Waals surface area (Å²) in [7, 11) is 0. The first-order chi connectivity index (χ1) is 11.4. The van der Waals surface area contributed by atoms with E-state index in [2.05, 4.69) is 6.58 Å². The molecule has 6 N–H and O–H groups in total. The summed E-state index contributed by atoms with van der Waals surface area (Å²) in [4.78, 5) is 0. The zero-order chi connectivity index (χ0) is 17.9. The largest absolute Gasteiger partial charge is 0.394 e. The second-order valence-corrected chi connectivity index (χ2v) is 6.10. The molecule has 9 heteroatoms. The minimum absolute atomic E-state index is 0.153. The van der Waals surface area contributed by atoms with Crippen LogP contribution in [0.1, 0.15) is 12.8 Å². The molecule has 0 amide bonds. The molecule has 2 heterocycles. The van der Waals surface area contributed by atoms with Crippen LogP contribution in [0.5, 0.6) is 0 Å².